The number of H-pyrrole nitrogens is 1. The van der Waals surface area contributed by atoms with Gasteiger partial charge < -0.3 is 9.80 Å². The third-order valence-corrected chi connectivity index (χ3v) is 4.96. The third kappa shape index (κ3) is 4.64. The van der Waals surface area contributed by atoms with Gasteiger partial charge in [0.25, 0.3) is 0 Å². The van der Waals surface area contributed by atoms with E-state index in [1.165, 1.54) is 0 Å². The second-order valence-corrected chi connectivity index (χ2v) is 7.33. The molecule has 6 heteroatoms. The van der Waals surface area contributed by atoms with Crippen molar-refractivity contribution in [3.05, 3.63) is 70.9 Å². The molecule has 0 radical (unpaired) electrons. The highest BCUT2D eigenvalue weighted by molar-refractivity contribution is 5.67. The van der Waals surface area contributed by atoms with Crippen LogP contribution in [0.1, 0.15) is 28.5 Å². The quantitative estimate of drug-likeness (QED) is 0.744. The summed E-state index contributed by atoms with van der Waals surface area (Å²) < 4.78 is 0. The van der Waals surface area contributed by atoms with E-state index in [0.29, 0.717) is 6.42 Å². The van der Waals surface area contributed by atoms with Gasteiger partial charge in [-0.25, -0.2) is 9.97 Å². The van der Waals surface area contributed by atoms with Gasteiger partial charge in [-0.2, -0.15) is 5.10 Å². The first kappa shape index (κ1) is 18.4. The van der Waals surface area contributed by atoms with Crippen molar-refractivity contribution in [2.24, 2.45) is 0 Å². The Balaban J connectivity index is 1.62. The fourth-order valence-corrected chi connectivity index (χ4v) is 3.35. The van der Waals surface area contributed by atoms with Crippen LogP contribution in [-0.4, -0.2) is 58.3 Å². The number of aromatic amines is 1. The molecule has 1 aliphatic rings. The van der Waals surface area contributed by atoms with Crippen molar-refractivity contribution in [1.29, 1.82) is 0 Å². The molecule has 0 aliphatic carbocycles. The summed E-state index contributed by atoms with van der Waals surface area (Å²) in [6.07, 6.45) is 4.75. The number of benzene rings is 1. The first-order chi connectivity index (χ1) is 13.7. The molecule has 1 N–H and O–H groups in total. The first-order valence-corrected chi connectivity index (χ1v) is 9.71. The van der Waals surface area contributed by atoms with Crippen molar-refractivity contribution in [2.45, 2.75) is 13.3 Å². The molecule has 1 saturated heterocycles. The van der Waals surface area contributed by atoms with Crippen molar-refractivity contribution in [3.63, 3.8) is 0 Å². The van der Waals surface area contributed by atoms with Crippen LogP contribution < -0.4 is 4.90 Å². The molecule has 6 nitrogen and oxygen atoms in total. The van der Waals surface area contributed by atoms with Gasteiger partial charge in [-0.1, -0.05) is 36.4 Å². The van der Waals surface area contributed by atoms with Crippen LogP contribution >= 0.6 is 0 Å². The second kappa shape index (κ2) is 8.35. The maximum Gasteiger partial charge on any atom is 0.154 e. The van der Waals surface area contributed by atoms with Crippen molar-refractivity contribution in [3.8, 4) is 0 Å². The Hall–Kier alpha value is -2.99. The number of aromatic nitrogens is 4. The molecule has 1 aliphatic heterocycles. The van der Waals surface area contributed by atoms with Gasteiger partial charge in [-0.3, -0.25) is 5.10 Å². The summed E-state index contributed by atoms with van der Waals surface area (Å²) in [6.45, 7) is 6.08. The average Bonchev–Trinajstić information content (AvgIpc) is 3.12. The standard InChI is InChI=1S/C22H26N6/c1-17-14-20(26-25-17)15-19-16-22(28-12-10-27(2)11-13-28)24-21(23-19)9-8-18-6-4-3-5-7-18/h3-9,14,16H,10-13,15H2,1-2H3,(H,25,26)/b9-8+. The van der Waals surface area contributed by atoms with Crippen LogP contribution in [0.4, 0.5) is 5.82 Å². The van der Waals surface area contributed by atoms with Gasteiger partial charge in [0, 0.05) is 44.4 Å². The van der Waals surface area contributed by atoms with Crippen LogP contribution in [0.2, 0.25) is 0 Å². The molecule has 0 amide bonds. The first-order valence-electron chi connectivity index (χ1n) is 9.71. The number of nitrogens with zero attached hydrogens (tertiary/aromatic N) is 5. The van der Waals surface area contributed by atoms with Crippen LogP contribution in [0.15, 0.2) is 42.5 Å². The van der Waals surface area contributed by atoms with Gasteiger partial charge >= 0.3 is 0 Å². The Labute approximate surface area is 165 Å². The molecule has 0 bridgehead atoms. The summed E-state index contributed by atoms with van der Waals surface area (Å²) in [5, 5.41) is 7.37. The van der Waals surface area contributed by atoms with Gasteiger partial charge in [0.15, 0.2) is 5.82 Å². The highest BCUT2D eigenvalue weighted by atomic mass is 15.3. The highest BCUT2D eigenvalue weighted by Gasteiger charge is 2.17. The Kier molecular flexibility index (Phi) is 5.48. The minimum Gasteiger partial charge on any atom is -0.354 e. The summed E-state index contributed by atoms with van der Waals surface area (Å²) >= 11 is 0. The van der Waals surface area contributed by atoms with E-state index in [9.17, 15) is 0 Å². The smallest absolute Gasteiger partial charge is 0.154 e. The lowest BCUT2D eigenvalue weighted by atomic mass is 10.2. The largest absolute Gasteiger partial charge is 0.354 e. The minimum absolute atomic E-state index is 0.694. The van der Waals surface area contributed by atoms with Crippen LogP contribution in [0, 0.1) is 6.92 Å². The maximum absolute atomic E-state index is 4.83. The maximum atomic E-state index is 4.83. The van der Waals surface area contributed by atoms with Crippen LogP contribution in [0.5, 0.6) is 0 Å². The lowest BCUT2D eigenvalue weighted by Crippen LogP contribution is -2.44. The number of aryl methyl sites for hydroxylation is 1. The Morgan fingerprint density at radius 2 is 1.75 bits per heavy atom. The average molecular weight is 374 g/mol. The summed E-state index contributed by atoms with van der Waals surface area (Å²) in [6, 6.07) is 14.4. The van der Waals surface area contributed by atoms with E-state index in [0.717, 1.165) is 60.5 Å². The van der Waals surface area contributed by atoms with Crippen molar-refractivity contribution < 1.29 is 0 Å². The van der Waals surface area contributed by atoms with Crippen molar-refractivity contribution in [1.82, 2.24) is 25.1 Å². The molecule has 0 atom stereocenters. The number of anilines is 1. The zero-order chi connectivity index (χ0) is 19.3. The van der Waals surface area contributed by atoms with Crippen LogP contribution in [0.3, 0.4) is 0 Å². The predicted octanol–water partition coefficient (Wildman–Crippen LogP) is 3.02. The second-order valence-electron chi connectivity index (χ2n) is 7.33. The van der Waals surface area contributed by atoms with E-state index in [1.54, 1.807) is 0 Å². The van der Waals surface area contributed by atoms with E-state index in [4.69, 9.17) is 9.97 Å². The molecule has 0 spiro atoms. The van der Waals surface area contributed by atoms with Gasteiger partial charge in [0.1, 0.15) is 5.82 Å². The molecule has 144 valence electrons. The fourth-order valence-electron chi connectivity index (χ4n) is 3.35. The Morgan fingerprint density at radius 3 is 2.46 bits per heavy atom. The molecule has 1 aromatic carbocycles. The molecule has 3 heterocycles. The normalized spacial score (nSPS) is 15.4. The number of hydrogen-bond donors (Lipinski definition) is 1. The van der Waals surface area contributed by atoms with Crippen molar-refractivity contribution >= 4 is 18.0 Å². The molecular weight excluding hydrogens is 348 g/mol. The van der Waals surface area contributed by atoms with E-state index in [-0.39, 0.29) is 0 Å². The zero-order valence-electron chi connectivity index (χ0n) is 16.5. The topological polar surface area (TPSA) is 60.9 Å². The zero-order valence-corrected chi connectivity index (χ0v) is 16.5. The van der Waals surface area contributed by atoms with E-state index < -0.39 is 0 Å². The molecule has 1 fully saturated rings. The molecule has 0 unspecified atom stereocenters. The summed E-state index contributed by atoms with van der Waals surface area (Å²) in [4.78, 5) is 14.3. The number of likely N-dealkylation sites (N-methyl/N-ethyl adjacent to an activating group) is 1. The SMILES string of the molecule is Cc1cc(Cc2cc(N3CCN(C)CC3)nc(/C=C/c3ccccc3)n2)n[nH]1. The Bertz CT molecular complexity index is 939. The van der Waals surface area contributed by atoms with Gasteiger partial charge in [-0.15, -0.1) is 0 Å². The number of hydrogen-bond acceptors (Lipinski definition) is 5. The number of nitrogens with one attached hydrogen (secondary N) is 1. The minimum atomic E-state index is 0.694. The number of piperazine rings is 1. The Morgan fingerprint density at radius 1 is 0.964 bits per heavy atom. The molecule has 4 rings (SSSR count). The molecule has 28 heavy (non-hydrogen) atoms. The van der Waals surface area contributed by atoms with E-state index in [1.807, 2.05) is 31.2 Å². The van der Waals surface area contributed by atoms with Crippen LogP contribution in [-0.2, 0) is 6.42 Å². The molecular formula is C22H26N6. The third-order valence-electron chi connectivity index (χ3n) is 4.96. The monoisotopic (exact) mass is 374 g/mol. The molecule has 2 aromatic heterocycles. The van der Waals surface area contributed by atoms with Gasteiger partial charge in [0.2, 0.25) is 0 Å². The van der Waals surface area contributed by atoms with Crippen LogP contribution in [0.25, 0.3) is 12.2 Å². The molecule has 0 saturated carbocycles. The predicted molar refractivity (Wildman–Crippen MR) is 113 cm³/mol. The highest BCUT2D eigenvalue weighted by Crippen LogP contribution is 2.18. The number of rotatable bonds is 5. The van der Waals surface area contributed by atoms with E-state index in [2.05, 4.69) is 57.4 Å². The summed E-state index contributed by atoms with van der Waals surface area (Å²) in [5.74, 6) is 1.74. The fraction of sp³-hybridized carbons (Fsp3) is 0.318. The van der Waals surface area contributed by atoms with Gasteiger partial charge in [-0.05, 0) is 31.7 Å². The molecule has 3 aromatic rings. The summed E-state index contributed by atoms with van der Waals surface area (Å²) in [5.41, 5.74) is 4.19. The van der Waals surface area contributed by atoms with Crippen molar-refractivity contribution in [2.75, 3.05) is 38.1 Å². The van der Waals surface area contributed by atoms with Gasteiger partial charge in [0.05, 0.1) is 11.4 Å². The van der Waals surface area contributed by atoms with E-state index >= 15 is 0 Å². The lowest BCUT2D eigenvalue weighted by molar-refractivity contribution is 0.312. The lowest BCUT2D eigenvalue weighted by Gasteiger charge is -2.33. The summed E-state index contributed by atoms with van der Waals surface area (Å²) in [7, 11) is 2.16.